The average molecular weight is 370 g/mol. The smallest absolute Gasteiger partial charge is 0.310 e. The number of anilines is 1. The van der Waals surface area contributed by atoms with Gasteiger partial charge in [0.15, 0.2) is 6.61 Å². The highest BCUT2D eigenvalue weighted by Crippen LogP contribution is 2.56. The Kier molecular flexibility index (Phi) is 5.25. The number of para-hydroxylation sites is 1. The molecule has 0 aromatic heterocycles. The molecule has 5 rings (SSSR count). The van der Waals surface area contributed by atoms with E-state index in [0.717, 1.165) is 41.5 Å². The molecule has 4 fully saturated rings. The number of nitrogens with one attached hydrogen (secondary N) is 1. The molecule has 4 nitrogen and oxygen atoms in total. The maximum absolute atomic E-state index is 12.7. The molecule has 4 heteroatoms. The number of amides is 1. The molecule has 0 aliphatic heterocycles. The highest BCUT2D eigenvalue weighted by atomic mass is 16.5. The first-order valence-corrected chi connectivity index (χ1v) is 10.7. The van der Waals surface area contributed by atoms with Crippen LogP contribution in [0.1, 0.15) is 57.1 Å². The molecule has 4 bridgehead atoms. The van der Waals surface area contributed by atoms with Gasteiger partial charge in [0.25, 0.3) is 5.91 Å². The minimum atomic E-state index is -0.234. The van der Waals surface area contributed by atoms with Crippen LogP contribution in [0.5, 0.6) is 0 Å². The number of carbonyl (C=O) groups excluding carboxylic acids is 2. The molecule has 0 saturated heterocycles. The summed E-state index contributed by atoms with van der Waals surface area (Å²) in [5, 5.41) is 2.99. The van der Waals surface area contributed by atoms with Gasteiger partial charge in [0.2, 0.25) is 0 Å². The Bertz CT molecular complexity index is 676. The fourth-order valence-corrected chi connectivity index (χ4v) is 6.12. The lowest BCUT2D eigenvalue weighted by Crippen LogP contribution is -2.48. The first-order chi connectivity index (χ1) is 13.1. The molecule has 0 heterocycles. The second-order valence-electron chi connectivity index (χ2n) is 8.77. The predicted octanol–water partition coefficient (Wildman–Crippen LogP) is 4.37. The quantitative estimate of drug-likeness (QED) is 0.758. The van der Waals surface area contributed by atoms with E-state index in [1.165, 1.54) is 32.1 Å². The lowest BCUT2D eigenvalue weighted by Gasteiger charge is -2.53. The zero-order valence-electron chi connectivity index (χ0n) is 16.5. The number of carbonyl (C=O) groups is 2. The van der Waals surface area contributed by atoms with E-state index in [-0.39, 0.29) is 24.4 Å². The maximum atomic E-state index is 12.7. The van der Waals surface area contributed by atoms with Gasteiger partial charge in [-0.15, -0.1) is 0 Å². The van der Waals surface area contributed by atoms with Crippen molar-refractivity contribution >= 4 is 17.6 Å². The van der Waals surface area contributed by atoms with Crippen LogP contribution in [0, 0.1) is 29.6 Å². The van der Waals surface area contributed by atoms with Gasteiger partial charge in [-0.3, -0.25) is 9.59 Å². The van der Waals surface area contributed by atoms with Crippen LogP contribution in [0.2, 0.25) is 0 Å². The van der Waals surface area contributed by atoms with Gasteiger partial charge in [0.05, 0.1) is 5.92 Å². The summed E-state index contributed by atoms with van der Waals surface area (Å²) < 4.78 is 5.50. The van der Waals surface area contributed by atoms with E-state index >= 15 is 0 Å². The van der Waals surface area contributed by atoms with Crippen LogP contribution in [0.15, 0.2) is 18.2 Å². The lowest BCUT2D eigenvalue weighted by atomic mass is 9.52. The molecule has 4 saturated carbocycles. The van der Waals surface area contributed by atoms with Gasteiger partial charge >= 0.3 is 5.97 Å². The summed E-state index contributed by atoms with van der Waals surface area (Å²) in [6, 6.07) is 6.10. The number of esters is 1. The number of aryl methyl sites for hydroxylation is 2. The molecule has 4 aliphatic carbocycles. The standard InChI is InChI=1S/C23H31NO3/c1-3-16-6-5-7-17(4-2)22(16)24-20(25)13-27-23(26)21-18-9-14-8-15(11-18)12-19(21)10-14/h5-7,14-15,18-19,21H,3-4,8-13H2,1-2H3,(H,24,25). The molecule has 0 unspecified atom stereocenters. The van der Waals surface area contributed by atoms with Crippen molar-refractivity contribution in [1.29, 1.82) is 0 Å². The van der Waals surface area contributed by atoms with Crippen LogP contribution in [-0.2, 0) is 27.2 Å². The van der Waals surface area contributed by atoms with Crippen LogP contribution in [-0.4, -0.2) is 18.5 Å². The first kappa shape index (κ1) is 18.5. The fraction of sp³-hybridized carbons (Fsp3) is 0.652. The van der Waals surface area contributed by atoms with Gasteiger partial charge in [0, 0.05) is 5.69 Å². The zero-order valence-corrected chi connectivity index (χ0v) is 16.5. The van der Waals surface area contributed by atoms with Gasteiger partial charge in [-0.05, 0) is 79.7 Å². The highest BCUT2D eigenvalue weighted by Gasteiger charge is 2.51. The summed E-state index contributed by atoms with van der Waals surface area (Å²) in [5.41, 5.74) is 3.13. The second kappa shape index (κ2) is 7.65. The third-order valence-corrected chi connectivity index (χ3v) is 7.11. The van der Waals surface area contributed by atoms with Gasteiger partial charge < -0.3 is 10.1 Å². The van der Waals surface area contributed by atoms with Crippen molar-refractivity contribution < 1.29 is 14.3 Å². The van der Waals surface area contributed by atoms with Gasteiger partial charge in [-0.25, -0.2) is 0 Å². The predicted molar refractivity (Wildman–Crippen MR) is 105 cm³/mol. The SMILES string of the molecule is CCc1cccc(CC)c1NC(=O)COC(=O)C1C2CC3CC(C2)CC1C3. The molecular weight excluding hydrogens is 338 g/mol. The Labute approximate surface area is 162 Å². The number of ether oxygens (including phenoxy) is 1. The van der Waals surface area contributed by atoms with Crippen LogP contribution >= 0.6 is 0 Å². The topological polar surface area (TPSA) is 55.4 Å². The molecule has 0 spiro atoms. The number of benzene rings is 1. The van der Waals surface area contributed by atoms with Crippen LogP contribution in [0.3, 0.4) is 0 Å². The summed E-state index contributed by atoms with van der Waals surface area (Å²) >= 11 is 0. The number of rotatable bonds is 6. The molecule has 27 heavy (non-hydrogen) atoms. The Morgan fingerprint density at radius 3 is 2.04 bits per heavy atom. The van der Waals surface area contributed by atoms with Crippen LogP contribution < -0.4 is 5.32 Å². The van der Waals surface area contributed by atoms with Gasteiger partial charge in [-0.2, -0.15) is 0 Å². The van der Waals surface area contributed by atoms with E-state index in [1.807, 2.05) is 18.2 Å². The van der Waals surface area contributed by atoms with Crippen molar-refractivity contribution in [2.24, 2.45) is 29.6 Å². The summed E-state index contributed by atoms with van der Waals surface area (Å²) in [7, 11) is 0. The molecule has 1 amide bonds. The Morgan fingerprint density at radius 1 is 0.963 bits per heavy atom. The van der Waals surface area contributed by atoms with Crippen LogP contribution in [0.4, 0.5) is 5.69 Å². The first-order valence-electron chi connectivity index (χ1n) is 10.7. The molecule has 0 atom stereocenters. The number of hydrogen-bond donors (Lipinski definition) is 1. The van der Waals surface area contributed by atoms with Gasteiger partial charge in [0.1, 0.15) is 0 Å². The van der Waals surface area contributed by atoms with E-state index in [0.29, 0.717) is 11.8 Å². The van der Waals surface area contributed by atoms with Crippen LogP contribution in [0.25, 0.3) is 0 Å². The van der Waals surface area contributed by atoms with E-state index < -0.39 is 0 Å². The van der Waals surface area contributed by atoms with Crippen molar-refractivity contribution in [3.05, 3.63) is 29.3 Å². The monoisotopic (exact) mass is 369 g/mol. The van der Waals surface area contributed by atoms with Gasteiger partial charge in [-0.1, -0.05) is 32.0 Å². The second-order valence-corrected chi connectivity index (χ2v) is 8.77. The fourth-order valence-electron chi connectivity index (χ4n) is 6.12. The maximum Gasteiger partial charge on any atom is 0.310 e. The molecular formula is C23H31NO3. The van der Waals surface area contributed by atoms with E-state index in [4.69, 9.17) is 4.74 Å². The van der Waals surface area contributed by atoms with E-state index in [9.17, 15) is 9.59 Å². The summed E-state index contributed by atoms with van der Waals surface area (Å²) in [5.74, 6) is 2.30. The third kappa shape index (κ3) is 3.63. The molecule has 1 aromatic carbocycles. The molecule has 4 aliphatic rings. The molecule has 0 radical (unpaired) electrons. The summed E-state index contributed by atoms with van der Waals surface area (Å²) in [4.78, 5) is 25.2. The average Bonchev–Trinajstić information content (AvgIpc) is 2.65. The van der Waals surface area contributed by atoms with E-state index in [1.54, 1.807) is 0 Å². The molecule has 1 N–H and O–H groups in total. The zero-order chi connectivity index (χ0) is 19.0. The normalized spacial score (nSPS) is 31.0. The minimum absolute atomic E-state index is 0.0275. The number of hydrogen-bond acceptors (Lipinski definition) is 3. The summed E-state index contributed by atoms with van der Waals surface area (Å²) in [6.45, 7) is 3.98. The third-order valence-electron chi connectivity index (χ3n) is 7.11. The molecule has 146 valence electrons. The Balaban J connectivity index is 1.35. The minimum Gasteiger partial charge on any atom is -0.455 e. The lowest BCUT2D eigenvalue weighted by molar-refractivity contribution is -0.164. The van der Waals surface area contributed by atoms with Crippen molar-refractivity contribution in [3.8, 4) is 0 Å². The molecule has 1 aromatic rings. The largest absolute Gasteiger partial charge is 0.455 e. The highest BCUT2D eigenvalue weighted by molar-refractivity contribution is 5.94. The van der Waals surface area contributed by atoms with Crippen molar-refractivity contribution in [3.63, 3.8) is 0 Å². The van der Waals surface area contributed by atoms with E-state index in [2.05, 4.69) is 19.2 Å². The van der Waals surface area contributed by atoms with Crippen molar-refractivity contribution in [2.75, 3.05) is 11.9 Å². The van der Waals surface area contributed by atoms with Crippen molar-refractivity contribution in [1.82, 2.24) is 0 Å². The Hall–Kier alpha value is -1.84. The van der Waals surface area contributed by atoms with Crippen molar-refractivity contribution in [2.45, 2.75) is 58.8 Å². The summed E-state index contributed by atoms with van der Waals surface area (Å²) in [6.07, 6.45) is 7.82. The Morgan fingerprint density at radius 2 is 1.52 bits per heavy atom.